The highest BCUT2D eigenvalue weighted by Crippen LogP contribution is 2.31. The lowest BCUT2D eigenvalue weighted by Gasteiger charge is -2.23. The minimum Gasteiger partial charge on any atom is -0.497 e. The van der Waals surface area contributed by atoms with Crippen LogP contribution in [0.1, 0.15) is 17.0 Å². The van der Waals surface area contributed by atoms with Crippen LogP contribution in [0.15, 0.2) is 24.3 Å². The first kappa shape index (κ1) is 20.8. The van der Waals surface area contributed by atoms with Gasteiger partial charge in [-0.2, -0.15) is 4.31 Å². The molecule has 1 saturated heterocycles. The lowest BCUT2D eigenvalue weighted by Crippen LogP contribution is -2.34. The highest BCUT2D eigenvalue weighted by molar-refractivity contribution is 7.88. The van der Waals surface area contributed by atoms with Gasteiger partial charge in [-0.25, -0.2) is 13.4 Å². The van der Waals surface area contributed by atoms with E-state index in [-0.39, 0.29) is 24.8 Å². The van der Waals surface area contributed by atoms with E-state index in [4.69, 9.17) is 4.74 Å². The molecule has 1 fully saturated rings. The van der Waals surface area contributed by atoms with Gasteiger partial charge in [0.25, 0.3) is 0 Å². The summed E-state index contributed by atoms with van der Waals surface area (Å²) in [5, 5.41) is 3.25. The average molecular weight is 451 g/mol. The SMILES string of the molecule is COc1ccc(N2CC(C(=O)Nc3nc4c(s3)CN(S(C)(=O)=O)CC4)CC2=O)cc1. The summed E-state index contributed by atoms with van der Waals surface area (Å²) in [6.07, 6.45) is 1.83. The number of anilines is 2. The third-order valence-electron chi connectivity index (χ3n) is 5.28. The summed E-state index contributed by atoms with van der Waals surface area (Å²) in [4.78, 5) is 32.0. The van der Waals surface area contributed by atoms with Gasteiger partial charge in [0, 0.05) is 43.0 Å². The number of fused-ring (bicyclic) bond motifs is 1. The molecule has 160 valence electrons. The number of ether oxygens (including phenoxy) is 1. The predicted molar refractivity (Wildman–Crippen MR) is 113 cm³/mol. The maximum atomic E-state index is 12.7. The Kier molecular flexibility index (Phi) is 5.51. The van der Waals surface area contributed by atoms with E-state index in [9.17, 15) is 18.0 Å². The molecule has 0 radical (unpaired) electrons. The molecule has 11 heteroatoms. The Labute approximate surface area is 178 Å². The van der Waals surface area contributed by atoms with E-state index < -0.39 is 15.9 Å². The van der Waals surface area contributed by atoms with Crippen molar-refractivity contribution >= 4 is 44.0 Å². The second-order valence-electron chi connectivity index (χ2n) is 7.33. The fourth-order valence-corrected chi connectivity index (χ4v) is 5.51. The first-order chi connectivity index (χ1) is 14.2. The molecule has 1 N–H and O–H groups in total. The highest BCUT2D eigenvalue weighted by atomic mass is 32.2. The Morgan fingerprint density at radius 2 is 2.03 bits per heavy atom. The van der Waals surface area contributed by atoms with E-state index in [0.29, 0.717) is 30.4 Å². The molecule has 1 aromatic carbocycles. The maximum absolute atomic E-state index is 12.7. The summed E-state index contributed by atoms with van der Waals surface area (Å²) in [5.74, 6) is -0.150. The number of thiazole rings is 1. The first-order valence-corrected chi connectivity index (χ1v) is 12.1. The van der Waals surface area contributed by atoms with Crippen LogP contribution in [-0.4, -0.2) is 56.0 Å². The van der Waals surface area contributed by atoms with E-state index >= 15 is 0 Å². The molecular formula is C19H22N4O5S2. The van der Waals surface area contributed by atoms with E-state index in [0.717, 1.165) is 16.3 Å². The Hall–Kier alpha value is -2.50. The molecule has 2 aromatic rings. The van der Waals surface area contributed by atoms with Gasteiger partial charge in [0.2, 0.25) is 21.8 Å². The van der Waals surface area contributed by atoms with Crippen molar-refractivity contribution in [3.63, 3.8) is 0 Å². The number of rotatable bonds is 5. The third kappa shape index (κ3) is 4.18. The molecule has 2 aliphatic rings. The molecule has 4 rings (SSSR count). The van der Waals surface area contributed by atoms with Crippen molar-refractivity contribution < 1.29 is 22.7 Å². The molecule has 0 saturated carbocycles. The van der Waals surface area contributed by atoms with Crippen LogP contribution in [0.2, 0.25) is 0 Å². The minimum atomic E-state index is -3.26. The number of sulfonamides is 1. The Balaban J connectivity index is 1.41. The average Bonchev–Trinajstić information content (AvgIpc) is 3.29. The van der Waals surface area contributed by atoms with Crippen LogP contribution < -0.4 is 15.0 Å². The molecule has 1 aromatic heterocycles. The van der Waals surface area contributed by atoms with Crippen LogP contribution >= 0.6 is 11.3 Å². The van der Waals surface area contributed by atoms with Crippen LogP contribution in [0.4, 0.5) is 10.8 Å². The summed E-state index contributed by atoms with van der Waals surface area (Å²) in [7, 11) is -1.69. The van der Waals surface area contributed by atoms with Crippen molar-refractivity contribution in [1.82, 2.24) is 9.29 Å². The van der Waals surface area contributed by atoms with Crippen molar-refractivity contribution in [2.45, 2.75) is 19.4 Å². The number of hydrogen-bond donors (Lipinski definition) is 1. The molecule has 3 heterocycles. The molecule has 0 aliphatic carbocycles. The van der Waals surface area contributed by atoms with Crippen LogP contribution in [0.25, 0.3) is 0 Å². The number of methoxy groups -OCH3 is 1. The fourth-order valence-electron chi connectivity index (χ4n) is 3.61. The molecule has 2 amide bonds. The maximum Gasteiger partial charge on any atom is 0.231 e. The molecular weight excluding hydrogens is 428 g/mol. The number of aromatic nitrogens is 1. The van der Waals surface area contributed by atoms with Gasteiger partial charge in [-0.05, 0) is 24.3 Å². The number of nitrogens with zero attached hydrogens (tertiary/aromatic N) is 3. The van der Waals surface area contributed by atoms with Gasteiger partial charge in [-0.15, -0.1) is 11.3 Å². The standard InChI is InChI=1S/C19H22N4O5S2/c1-28-14-5-3-13(4-6-14)23-10-12(9-17(23)24)18(25)21-19-20-15-7-8-22(30(2,26)27)11-16(15)29-19/h3-6,12H,7-11H2,1-2H3,(H,20,21,25). The van der Waals surface area contributed by atoms with Crippen LogP contribution in [0.5, 0.6) is 5.75 Å². The number of nitrogens with one attached hydrogen (secondary N) is 1. The predicted octanol–water partition coefficient (Wildman–Crippen LogP) is 1.46. The van der Waals surface area contributed by atoms with Crippen molar-refractivity contribution in [2.24, 2.45) is 5.92 Å². The lowest BCUT2D eigenvalue weighted by molar-refractivity contribution is -0.122. The van der Waals surface area contributed by atoms with E-state index in [1.54, 1.807) is 36.3 Å². The summed E-state index contributed by atoms with van der Waals surface area (Å²) < 4.78 is 30.1. The van der Waals surface area contributed by atoms with Gasteiger partial charge in [0.15, 0.2) is 5.13 Å². The monoisotopic (exact) mass is 450 g/mol. The first-order valence-electron chi connectivity index (χ1n) is 9.43. The third-order valence-corrected chi connectivity index (χ3v) is 7.52. The number of carbonyl (C=O) groups is 2. The molecule has 0 bridgehead atoms. The Bertz CT molecular complexity index is 1080. The van der Waals surface area contributed by atoms with Crippen LogP contribution in [0, 0.1) is 5.92 Å². The molecule has 1 atom stereocenters. The topological polar surface area (TPSA) is 109 Å². The number of benzene rings is 1. The quantitative estimate of drug-likeness (QED) is 0.739. The second kappa shape index (κ2) is 7.97. The van der Waals surface area contributed by atoms with Crippen LogP contribution in [-0.2, 0) is 32.6 Å². The van der Waals surface area contributed by atoms with Gasteiger partial charge >= 0.3 is 0 Å². The normalized spacial score (nSPS) is 19.6. The van der Waals surface area contributed by atoms with Crippen molar-refractivity contribution in [2.75, 3.05) is 36.7 Å². The lowest BCUT2D eigenvalue weighted by atomic mass is 10.1. The summed E-state index contributed by atoms with van der Waals surface area (Å²) in [5.41, 5.74) is 1.54. The smallest absolute Gasteiger partial charge is 0.231 e. The van der Waals surface area contributed by atoms with Gasteiger partial charge < -0.3 is 15.0 Å². The number of amides is 2. The zero-order valence-electron chi connectivity index (χ0n) is 16.6. The second-order valence-corrected chi connectivity index (χ2v) is 10.4. The van der Waals surface area contributed by atoms with E-state index in [1.165, 1.54) is 21.9 Å². The molecule has 30 heavy (non-hydrogen) atoms. The van der Waals surface area contributed by atoms with Crippen molar-refractivity contribution in [3.8, 4) is 5.75 Å². The largest absolute Gasteiger partial charge is 0.497 e. The van der Waals surface area contributed by atoms with E-state index in [2.05, 4.69) is 10.3 Å². The van der Waals surface area contributed by atoms with Gasteiger partial charge in [0.05, 0.1) is 25.0 Å². The Morgan fingerprint density at radius 1 is 1.30 bits per heavy atom. The van der Waals surface area contributed by atoms with E-state index in [1.807, 2.05) is 0 Å². The van der Waals surface area contributed by atoms with Crippen LogP contribution in [0.3, 0.4) is 0 Å². The fraction of sp³-hybridized carbons (Fsp3) is 0.421. The summed E-state index contributed by atoms with van der Waals surface area (Å²) in [6, 6.07) is 7.13. The molecule has 0 spiro atoms. The summed E-state index contributed by atoms with van der Waals surface area (Å²) >= 11 is 1.28. The summed E-state index contributed by atoms with van der Waals surface area (Å²) in [6.45, 7) is 0.954. The van der Waals surface area contributed by atoms with Crippen molar-refractivity contribution in [3.05, 3.63) is 34.8 Å². The molecule has 1 unspecified atom stereocenters. The van der Waals surface area contributed by atoms with Gasteiger partial charge in [0.1, 0.15) is 5.75 Å². The zero-order valence-corrected chi connectivity index (χ0v) is 18.3. The molecule has 9 nitrogen and oxygen atoms in total. The molecule has 2 aliphatic heterocycles. The minimum absolute atomic E-state index is 0.109. The Morgan fingerprint density at radius 3 is 2.70 bits per heavy atom. The van der Waals surface area contributed by atoms with Gasteiger partial charge in [-0.3, -0.25) is 9.59 Å². The van der Waals surface area contributed by atoms with Gasteiger partial charge in [-0.1, -0.05) is 0 Å². The van der Waals surface area contributed by atoms with Crippen molar-refractivity contribution in [1.29, 1.82) is 0 Å². The zero-order chi connectivity index (χ0) is 21.5. The number of hydrogen-bond acceptors (Lipinski definition) is 7. The highest BCUT2D eigenvalue weighted by Gasteiger charge is 2.36. The number of carbonyl (C=O) groups excluding carboxylic acids is 2.